The van der Waals surface area contributed by atoms with Gasteiger partial charge in [-0.15, -0.1) is 0 Å². The van der Waals surface area contributed by atoms with Gasteiger partial charge in [-0.25, -0.2) is 0 Å². The van der Waals surface area contributed by atoms with Gasteiger partial charge in [-0.2, -0.15) is 0 Å². The minimum atomic E-state index is 0.287. The molecule has 1 saturated heterocycles. The first-order chi connectivity index (χ1) is 8.56. The highest BCUT2D eigenvalue weighted by molar-refractivity contribution is 5.80. The molecule has 0 aromatic rings. The van der Waals surface area contributed by atoms with Gasteiger partial charge in [0, 0.05) is 6.54 Å². The van der Waals surface area contributed by atoms with Crippen molar-refractivity contribution < 1.29 is 4.79 Å². The van der Waals surface area contributed by atoms with Gasteiger partial charge < -0.3 is 4.90 Å². The molecule has 1 saturated carbocycles. The summed E-state index contributed by atoms with van der Waals surface area (Å²) in [4.78, 5) is 14.1. The van der Waals surface area contributed by atoms with E-state index < -0.39 is 0 Å². The van der Waals surface area contributed by atoms with Gasteiger partial charge in [0.05, 0.1) is 12.7 Å². The zero-order valence-corrected chi connectivity index (χ0v) is 12.1. The zero-order valence-electron chi connectivity index (χ0n) is 12.1. The van der Waals surface area contributed by atoms with Crippen LogP contribution in [0.3, 0.4) is 0 Å². The number of hydrogen-bond donors (Lipinski definition) is 1. The SMILES string of the molecule is CC(C)CC1NCC(=O)N1CC1CCCC(C)C1. The molecule has 1 aliphatic heterocycles. The molecule has 3 unspecified atom stereocenters. The first-order valence-corrected chi connectivity index (χ1v) is 7.59. The molecule has 104 valence electrons. The number of carbonyl (C=O) groups excluding carboxylic acids is 1. The topological polar surface area (TPSA) is 32.3 Å². The lowest BCUT2D eigenvalue weighted by Gasteiger charge is -2.33. The highest BCUT2D eigenvalue weighted by Crippen LogP contribution is 2.30. The van der Waals surface area contributed by atoms with E-state index in [1.165, 1.54) is 25.7 Å². The molecule has 0 spiro atoms. The van der Waals surface area contributed by atoms with Gasteiger partial charge in [-0.05, 0) is 37.0 Å². The zero-order chi connectivity index (χ0) is 13.1. The highest BCUT2D eigenvalue weighted by atomic mass is 16.2. The van der Waals surface area contributed by atoms with E-state index in [2.05, 4.69) is 31.0 Å². The van der Waals surface area contributed by atoms with Gasteiger partial charge in [0.1, 0.15) is 0 Å². The monoisotopic (exact) mass is 252 g/mol. The van der Waals surface area contributed by atoms with Gasteiger partial charge in [-0.1, -0.05) is 33.6 Å². The molecule has 0 aromatic carbocycles. The predicted octanol–water partition coefficient (Wildman–Crippen LogP) is 2.62. The van der Waals surface area contributed by atoms with Crippen molar-refractivity contribution >= 4 is 5.91 Å². The van der Waals surface area contributed by atoms with Crippen LogP contribution in [0.2, 0.25) is 0 Å². The number of nitrogens with zero attached hydrogens (tertiary/aromatic N) is 1. The van der Waals surface area contributed by atoms with Gasteiger partial charge in [0.2, 0.25) is 5.91 Å². The highest BCUT2D eigenvalue weighted by Gasteiger charge is 2.33. The Bertz CT molecular complexity index is 290. The maximum Gasteiger partial charge on any atom is 0.237 e. The fourth-order valence-corrected chi connectivity index (χ4v) is 3.48. The third kappa shape index (κ3) is 3.47. The Morgan fingerprint density at radius 3 is 2.83 bits per heavy atom. The smallest absolute Gasteiger partial charge is 0.237 e. The average molecular weight is 252 g/mol. The third-order valence-corrected chi connectivity index (χ3v) is 4.38. The molecule has 1 aliphatic carbocycles. The number of rotatable bonds is 4. The maximum atomic E-state index is 12.0. The number of nitrogens with one attached hydrogen (secondary N) is 1. The van der Waals surface area contributed by atoms with Crippen molar-refractivity contribution in [2.75, 3.05) is 13.1 Å². The van der Waals surface area contributed by atoms with E-state index in [-0.39, 0.29) is 6.17 Å². The Balaban J connectivity index is 1.90. The van der Waals surface area contributed by atoms with Crippen LogP contribution in [0.4, 0.5) is 0 Å². The van der Waals surface area contributed by atoms with Gasteiger partial charge in [-0.3, -0.25) is 10.1 Å². The molecular weight excluding hydrogens is 224 g/mol. The van der Waals surface area contributed by atoms with Crippen molar-refractivity contribution in [3.63, 3.8) is 0 Å². The Hall–Kier alpha value is -0.570. The van der Waals surface area contributed by atoms with Crippen LogP contribution >= 0.6 is 0 Å². The van der Waals surface area contributed by atoms with E-state index in [4.69, 9.17) is 0 Å². The van der Waals surface area contributed by atoms with Crippen LogP contribution < -0.4 is 5.32 Å². The summed E-state index contributed by atoms with van der Waals surface area (Å²) in [6.45, 7) is 8.33. The van der Waals surface area contributed by atoms with E-state index in [9.17, 15) is 4.79 Å². The lowest BCUT2D eigenvalue weighted by atomic mass is 9.82. The van der Waals surface area contributed by atoms with Crippen LogP contribution in [0.1, 0.15) is 52.9 Å². The standard InChI is InChI=1S/C15H28N2O/c1-11(2)7-14-16-9-15(18)17(14)10-13-6-4-5-12(3)8-13/h11-14,16H,4-10H2,1-3H3. The molecular formula is C15H28N2O. The molecule has 0 radical (unpaired) electrons. The quantitative estimate of drug-likeness (QED) is 0.834. The van der Waals surface area contributed by atoms with Gasteiger partial charge >= 0.3 is 0 Å². The number of hydrogen-bond acceptors (Lipinski definition) is 2. The maximum absolute atomic E-state index is 12.0. The molecule has 2 rings (SSSR count). The second-order valence-electron chi connectivity index (χ2n) is 6.71. The lowest BCUT2D eigenvalue weighted by molar-refractivity contribution is -0.129. The second-order valence-corrected chi connectivity index (χ2v) is 6.71. The Morgan fingerprint density at radius 2 is 2.17 bits per heavy atom. The Kier molecular flexibility index (Phi) is 4.66. The molecule has 0 aromatic heterocycles. The molecule has 1 N–H and O–H groups in total. The van der Waals surface area contributed by atoms with Gasteiger partial charge in [0.15, 0.2) is 0 Å². The van der Waals surface area contributed by atoms with E-state index in [1.807, 2.05) is 0 Å². The molecule has 3 nitrogen and oxygen atoms in total. The van der Waals surface area contributed by atoms with Crippen molar-refractivity contribution in [1.29, 1.82) is 0 Å². The Morgan fingerprint density at radius 1 is 1.39 bits per heavy atom. The summed E-state index contributed by atoms with van der Waals surface area (Å²) in [6.07, 6.45) is 6.69. The van der Waals surface area contributed by atoms with E-state index in [0.717, 1.165) is 24.8 Å². The summed E-state index contributed by atoms with van der Waals surface area (Å²) in [5.41, 5.74) is 0. The van der Waals surface area contributed by atoms with Crippen molar-refractivity contribution in [2.24, 2.45) is 17.8 Å². The Labute approximate surface area is 111 Å². The lowest BCUT2D eigenvalue weighted by Crippen LogP contribution is -2.42. The van der Waals surface area contributed by atoms with Crippen LogP contribution in [0.15, 0.2) is 0 Å². The molecule has 1 amide bonds. The third-order valence-electron chi connectivity index (χ3n) is 4.38. The normalized spacial score (nSPS) is 33.4. The summed E-state index contributed by atoms with van der Waals surface area (Å²) in [5, 5.41) is 3.36. The van der Waals surface area contributed by atoms with E-state index in [0.29, 0.717) is 18.4 Å². The first kappa shape index (κ1) is 13.9. The second kappa shape index (κ2) is 6.05. The fourth-order valence-electron chi connectivity index (χ4n) is 3.48. The number of amides is 1. The van der Waals surface area contributed by atoms with Crippen LogP contribution in [0.25, 0.3) is 0 Å². The summed E-state index contributed by atoms with van der Waals surface area (Å²) in [7, 11) is 0. The van der Waals surface area contributed by atoms with Gasteiger partial charge in [0.25, 0.3) is 0 Å². The summed E-state index contributed by atoms with van der Waals surface area (Å²) < 4.78 is 0. The van der Waals surface area contributed by atoms with Crippen LogP contribution in [-0.4, -0.2) is 30.1 Å². The fraction of sp³-hybridized carbons (Fsp3) is 0.933. The summed E-state index contributed by atoms with van der Waals surface area (Å²) >= 11 is 0. The van der Waals surface area contributed by atoms with E-state index in [1.54, 1.807) is 0 Å². The van der Waals surface area contributed by atoms with Crippen LogP contribution in [0, 0.1) is 17.8 Å². The minimum Gasteiger partial charge on any atom is -0.326 e. The van der Waals surface area contributed by atoms with Crippen LogP contribution in [0.5, 0.6) is 0 Å². The molecule has 2 fully saturated rings. The summed E-state index contributed by atoms with van der Waals surface area (Å²) in [6, 6.07) is 0. The van der Waals surface area contributed by atoms with Crippen LogP contribution in [-0.2, 0) is 4.79 Å². The molecule has 18 heavy (non-hydrogen) atoms. The molecule has 2 aliphatic rings. The minimum absolute atomic E-state index is 0.287. The molecule has 3 atom stereocenters. The largest absolute Gasteiger partial charge is 0.326 e. The molecule has 1 heterocycles. The first-order valence-electron chi connectivity index (χ1n) is 7.59. The number of carbonyl (C=O) groups is 1. The van der Waals surface area contributed by atoms with E-state index >= 15 is 0 Å². The molecule has 0 bridgehead atoms. The predicted molar refractivity (Wildman–Crippen MR) is 74.1 cm³/mol. The van der Waals surface area contributed by atoms with Crippen molar-refractivity contribution in [1.82, 2.24) is 10.2 Å². The average Bonchev–Trinajstić information content (AvgIpc) is 2.61. The summed E-state index contributed by atoms with van der Waals surface area (Å²) in [5.74, 6) is 2.52. The van der Waals surface area contributed by atoms with Crippen molar-refractivity contribution in [3.8, 4) is 0 Å². The molecule has 3 heteroatoms. The van der Waals surface area contributed by atoms with Crippen molar-refractivity contribution in [3.05, 3.63) is 0 Å². The van der Waals surface area contributed by atoms with Crippen molar-refractivity contribution in [2.45, 2.75) is 59.0 Å².